The molecule has 0 spiro atoms. The van der Waals surface area contributed by atoms with Crippen molar-refractivity contribution < 1.29 is 9.53 Å². The molecule has 12 nitrogen and oxygen atoms in total. The average Bonchev–Trinajstić information content (AvgIpc) is 3.56. The minimum absolute atomic E-state index is 0.0440. The number of rotatable bonds is 7. The number of para-hydroxylation sites is 1. The predicted octanol–water partition coefficient (Wildman–Crippen LogP) is 2.82. The lowest BCUT2D eigenvalue weighted by molar-refractivity contribution is 0.0940. The molecule has 6 rings (SSSR count). The molecule has 6 aromatic rings. The van der Waals surface area contributed by atoms with Crippen molar-refractivity contribution in [2.75, 3.05) is 19.5 Å². The lowest BCUT2D eigenvalue weighted by atomic mass is 10.1. The van der Waals surface area contributed by atoms with Gasteiger partial charge in [-0.15, -0.1) is 5.10 Å². The Morgan fingerprint density at radius 3 is 2.68 bits per heavy atom. The molecule has 0 fully saturated rings. The van der Waals surface area contributed by atoms with Crippen molar-refractivity contribution in [1.82, 2.24) is 39.2 Å². The van der Waals surface area contributed by atoms with Gasteiger partial charge in [-0.3, -0.25) is 18.8 Å². The van der Waals surface area contributed by atoms with E-state index in [4.69, 9.17) is 15.5 Å². The zero-order valence-corrected chi connectivity index (χ0v) is 24.4. The highest BCUT2D eigenvalue weighted by molar-refractivity contribution is 6.04. The van der Waals surface area contributed by atoms with E-state index in [-0.39, 0.29) is 16.9 Å². The number of benzene rings is 2. The number of methoxy groups -OCH3 is 1. The van der Waals surface area contributed by atoms with Crippen molar-refractivity contribution in [3.8, 4) is 17.5 Å². The molecule has 4 aromatic heterocycles. The number of hydrogen-bond acceptors (Lipinski definition) is 8. The number of aryl methyl sites for hydroxylation is 1. The van der Waals surface area contributed by atoms with Crippen molar-refractivity contribution in [3.63, 3.8) is 0 Å². The van der Waals surface area contributed by atoms with Crippen LogP contribution in [0, 0.1) is 11.8 Å². The van der Waals surface area contributed by atoms with Gasteiger partial charge in [0, 0.05) is 38.5 Å². The van der Waals surface area contributed by atoms with Gasteiger partial charge in [0.15, 0.2) is 11.5 Å². The zero-order chi connectivity index (χ0) is 30.8. The fraction of sp³-hybridized carbons (Fsp3) is 0.188. The Labute approximate surface area is 252 Å². The number of aromatic nitrogens is 7. The fourth-order valence-electron chi connectivity index (χ4n) is 5.12. The summed E-state index contributed by atoms with van der Waals surface area (Å²) in [7, 11) is 3.51. The molecule has 1 amide bonds. The van der Waals surface area contributed by atoms with Gasteiger partial charge in [0.1, 0.15) is 11.4 Å². The number of carbonyl (C=O) groups excluding carboxylic acids is 1. The zero-order valence-electron chi connectivity index (χ0n) is 24.4. The molecular weight excluding hydrogens is 558 g/mol. The van der Waals surface area contributed by atoms with E-state index in [9.17, 15) is 9.59 Å². The summed E-state index contributed by atoms with van der Waals surface area (Å²) in [5.74, 6) is 6.26. The van der Waals surface area contributed by atoms with Gasteiger partial charge in [-0.1, -0.05) is 36.1 Å². The van der Waals surface area contributed by atoms with Crippen LogP contribution in [0.25, 0.3) is 22.2 Å². The Hall–Kier alpha value is -5.80. The standard InChI is InChI=1S/C32H29N9O3/c1-20(36-31(42)27-28(33)38-40-17-8-16-34-30(27)40)29-37-24-12-7-9-21(13-14-22-19-35-39(2)25(22)15-18-44-3)26(24)32(43)41(29)23-10-5-4-6-11-23/h4-12,16-17,19-20H,15,18H2,1-3H3,(H2,33,38)(H,36,42). The Bertz CT molecular complexity index is 2140. The van der Waals surface area contributed by atoms with Crippen molar-refractivity contribution in [2.24, 2.45) is 7.05 Å². The summed E-state index contributed by atoms with van der Waals surface area (Å²) in [4.78, 5) is 36.9. The topological polar surface area (TPSA) is 147 Å². The molecule has 0 bridgehead atoms. The lowest BCUT2D eigenvalue weighted by Crippen LogP contribution is -2.33. The van der Waals surface area contributed by atoms with Gasteiger partial charge in [-0.25, -0.2) is 14.5 Å². The molecule has 0 aliphatic rings. The quantitative estimate of drug-likeness (QED) is 0.271. The number of nitrogens with one attached hydrogen (secondary N) is 1. The van der Waals surface area contributed by atoms with Crippen molar-refractivity contribution in [2.45, 2.75) is 19.4 Å². The van der Waals surface area contributed by atoms with E-state index in [1.54, 1.807) is 61.6 Å². The number of fused-ring (bicyclic) bond motifs is 2. The van der Waals surface area contributed by atoms with E-state index in [1.807, 2.05) is 37.4 Å². The molecule has 1 atom stereocenters. The second-order valence-corrected chi connectivity index (χ2v) is 10.1. The van der Waals surface area contributed by atoms with E-state index >= 15 is 0 Å². The fourth-order valence-corrected chi connectivity index (χ4v) is 5.12. The summed E-state index contributed by atoms with van der Waals surface area (Å²) >= 11 is 0. The molecule has 0 saturated carbocycles. The van der Waals surface area contributed by atoms with Crippen LogP contribution in [0.15, 0.2) is 78.0 Å². The molecule has 3 N–H and O–H groups in total. The molecule has 44 heavy (non-hydrogen) atoms. The first-order valence-corrected chi connectivity index (χ1v) is 13.9. The lowest BCUT2D eigenvalue weighted by Gasteiger charge is -2.20. The first-order valence-electron chi connectivity index (χ1n) is 13.9. The number of nitrogens with zero attached hydrogens (tertiary/aromatic N) is 7. The molecular formula is C32H29N9O3. The third-order valence-corrected chi connectivity index (χ3v) is 7.26. The molecule has 0 radical (unpaired) electrons. The van der Waals surface area contributed by atoms with Crippen molar-refractivity contribution in [3.05, 3.63) is 112 Å². The molecule has 2 aromatic carbocycles. The molecule has 12 heteroatoms. The first kappa shape index (κ1) is 28.3. The number of amides is 1. The number of hydrogen-bond donors (Lipinski definition) is 2. The molecule has 0 aliphatic carbocycles. The smallest absolute Gasteiger partial charge is 0.267 e. The average molecular weight is 588 g/mol. The molecule has 1 unspecified atom stereocenters. The Morgan fingerprint density at radius 1 is 1.09 bits per heavy atom. The summed E-state index contributed by atoms with van der Waals surface area (Å²) in [5.41, 5.74) is 9.50. The maximum absolute atomic E-state index is 14.3. The van der Waals surface area contributed by atoms with Crippen molar-refractivity contribution >= 4 is 28.3 Å². The molecule has 0 aliphatic heterocycles. The van der Waals surface area contributed by atoms with E-state index < -0.39 is 11.9 Å². The van der Waals surface area contributed by atoms with Crippen LogP contribution < -0.4 is 16.6 Å². The number of nitrogen functional groups attached to an aromatic ring is 1. The van der Waals surface area contributed by atoms with Crippen LogP contribution in [0.1, 0.15) is 46.0 Å². The van der Waals surface area contributed by atoms with Crippen LogP contribution in [-0.4, -0.2) is 53.6 Å². The number of carbonyl (C=O) groups is 1. The number of ether oxygens (including phenoxy) is 1. The Morgan fingerprint density at radius 2 is 1.89 bits per heavy atom. The Balaban J connectivity index is 1.45. The highest BCUT2D eigenvalue weighted by atomic mass is 16.5. The van der Waals surface area contributed by atoms with Crippen LogP contribution in [0.3, 0.4) is 0 Å². The second-order valence-electron chi connectivity index (χ2n) is 10.1. The summed E-state index contributed by atoms with van der Waals surface area (Å²) < 4.78 is 9.95. The summed E-state index contributed by atoms with van der Waals surface area (Å²) in [5, 5.41) is 11.8. The van der Waals surface area contributed by atoms with Gasteiger partial charge in [0.05, 0.1) is 46.7 Å². The van der Waals surface area contributed by atoms with Crippen LogP contribution >= 0.6 is 0 Å². The van der Waals surface area contributed by atoms with Crippen LogP contribution in [0.4, 0.5) is 5.82 Å². The highest BCUT2D eigenvalue weighted by Crippen LogP contribution is 2.22. The third-order valence-electron chi connectivity index (χ3n) is 7.26. The highest BCUT2D eigenvalue weighted by Gasteiger charge is 2.25. The molecule has 4 heterocycles. The third kappa shape index (κ3) is 5.16. The first-order chi connectivity index (χ1) is 21.4. The van der Waals surface area contributed by atoms with Gasteiger partial charge in [-0.05, 0) is 37.3 Å². The van der Waals surface area contributed by atoms with E-state index in [2.05, 4.69) is 32.3 Å². The van der Waals surface area contributed by atoms with Crippen LogP contribution in [0.5, 0.6) is 0 Å². The molecule has 0 saturated heterocycles. The van der Waals surface area contributed by atoms with Gasteiger partial charge in [0.25, 0.3) is 11.5 Å². The summed E-state index contributed by atoms with van der Waals surface area (Å²) in [6.45, 7) is 2.29. The monoisotopic (exact) mass is 587 g/mol. The number of anilines is 1. The van der Waals surface area contributed by atoms with Crippen LogP contribution in [0.2, 0.25) is 0 Å². The van der Waals surface area contributed by atoms with Gasteiger partial charge < -0.3 is 15.8 Å². The second kappa shape index (κ2) is 11.8. The maximum atomic E-state index is 14.3. The maximum Gasteiger partial charge on any atom is 0.267 e. The number of nitrogens with two attached hydrogens (primary N) is 1. The normalized spacial score (nSPS) is 11.8. The summed E-state index contributed by atoms with van der Waals surface area (Å²) in [6.07, 6.45) is 5.58. The predicted molar refractivity (Wildman–Crippen MR) is 165 cm³/mol. The van der Waals surface area contributed by atoms with Gasteiger partial charge >= 0.3 is 0 Å². The Kier molecular flexibility index (Phi) is 7.61. The van der Waals surface area contributed by atoms with E-state index in [0.29, 0.717) is 46.7 Å². The van der Waals surface area contributed by atoms with E-state index in [0.717, 1.165) is 11.3 Å². The SMILES string of the molecule is COCCc1c(C#Cc2cccc3nc(C(C)NC(=O)c4c(N)nn5cccnc45)n(-c4ccccc4)c(=O)c23)cnn1C. The van der Waals surface area contributed by atoms with Crippen LogP contribution in [-0.2, 0) is 18.2 Å². The minimum Gasteiger partial charge on any atom is -0.384 e. The molecule has 220 valence electrons. The van der Waals surface area contributed by atoms with E-state index in [1.165, 1.54) is 9.08 Å². The summed E-state index contributed by atoms with van der Waals surface area (Å²) in [6, 6.07) is 15.5. The van der Waals surface area contributed by atoms with Gasteiger partial charge in [-0.2, -0.15) is 5.10 Å². The van der Waals surface area contributed by atoms with Crippen molar-refractivity contribution in [1.29, 1.82) is 0 Å². The minimum atomic E-state index is -0.702. The van der Waals surface area contributed by atoms with Gasteiger partial charge in [0.2, 0.25) is 0 Å². The largest absolute Gasteiger partial charge is 0.384 e.